The van der Waals surface area contributed by atoms with Crippen LogP contribution >= 0.6 is 11.6 Å². The van der Waals surface area contributed by atoms with Gasteiger partial charge in [0.1, 0.15) is 6.10 Å². The predicted octanol–water partition coefficient (Wildman–Crippen LogP) is 3.06. The Morgan fingerprint density at radius 1 is 1.50 bits per heavy atom. The summed E-state index contributed by atoms with van der Waals surface area (Å²) in [6.07, 6.45) is 2.98. The molecule has 1 aromatic carbocycles. The Morgan fingerprint density at radius 3 is 3.05 bits per heavy atom. The molecule has 0 bridgehead atoms. The van der Waals surface area contributed by atoms with Crippen molar-refractivity contribution in [3.63, 3.8) is 0 Å². The van der Waals surface area contributed by atoms with E-state index in [1.807, 2.05) is 31.2 Å². The summed E-state index contributed by atoms with van der Waals surface area (Å²) in [6.45, 7) is 2.88. The van der Waals surface area contributed by atoms with Crippen LogP contribution in [0.25, 0.3) is 0 Å². The number of urea groups is 1. The van der Waals surface area contributed by atoms with Crippen LogP contribution in [0.2, 0.25) is 5.02 Å². The molecule has 0 spiro atoms. The number of carbonyl (C=O) groups is 1. The molecule has 3 rings (SSSR count). The van der Waals surface area contributed by atoms with Crippen LogP contribution in [-0.2, 0) is 4.74 Å². The second-order valence-corrected chi connectivity index (χ2v) is 5.67. The lowest BCUT2D eigenvalue weighted by Crippen LogP contribution is -2.49. The Labute approximate surface area is 133 Å². The number of ether oxygens (including phenoxy) is 1. The van der Waals surface area contributed by atoms with Gasteiger partial charge in [-0.3, -0.25) is 5.10 Å². The minimum absolute atomic E-state index is 0.00867. The first-order valence-corrected chi connectivity index (χ1v) is 7.45. The lowest BCUT2D eigenvalue weighted by Gasteiger charge is -2.38. The molecular formula is C15H17ClN4O2. The zero-order chi connectivity index (χ0) is 15.5. The molecule has 0 aliphatic carbocycles. The number of hydrogen-bond donors (Lipinski definition) is 2. The molecule has 1 saturated heterocycles. The monoisotopic (exact) mass is 320 g/mol. The molecule has 2 N–H and O–H groups in total. The van der Waals surface area contributed by atoms with Crippen molar-refractivity contribution in [2.45, 2.75) is 19.1 Å². The molecule has 1 fully saturated rings. The number of aromatic amines is 1. The molecule has 0 unspecified atom stereocenters. The van der Waals surface area contributed by atoms with Crippen LogP contribution in [0.4, 0.5) is 10.5 Å². The third-order valence-electron chi connectivity index (χ3n) is 3.70. The van der Waals surface area contributed by atoms with Crippen molar-refractivity contribution in [3.05, 3.63) is 47.2 Å². The molecule has 2 amide bonds. The minimum Gasteiger partial charge on any atom is -0.369 e. The maximum atomic E-state index is 12.4. The second kappa shape index (κ2) is 6.37. The average molecular weight is 321 g/mol. The van der Waals surface area contributed by atoms with Crippen LogP contribution in [0.3, 0.4) is 0 Å². The molecule has 0 radical (unpaired) electrons. The molecule has 7 heteroatoms. The summed E-state index contributed by atoms with van der Waals surface area (Å²) in [5.74, 6) is 0. The Hall–Kier alpha value is -2.05. The van der Waals surface area contributed by atoms with Crippen molar-refractivity contribution in [1.82, 2.24) is 15.1 Å². The van der Waals surface area contributed by atoms with Gasteiger partial charge in [0.15, 0.2) is 0 Å². The first-order chi connectivity index (χ1) is 10.6. The first kappa shape index (κ1) is 14.9. The van der Waals surface area contributed by atoms with E-state index < -0.39 is 0 Å². The number of H-pyrrole nitrogens is 1. The van der Waals surface area contributed by atoms with E-state index in [-0.39, 0.29) is 18.2 Å². The highest BCUT2D eigenvalue weighted by atomic mass is 35.5. The van der Waals surface area contributed by atoms with Crippen molar-refractivity contribution in [3.8, 4) is 0 Å². The fourth-order valence-corrected chi connectivity index (χ4v) is 2.74. The van der Waals surface area contributed by atoms with E-state index in [2.05, 4.69) is 15.5 Å². The van der Waals surface area contributed by atoms with Crippen molar-refractivity contribution in [1.29, 1.82) is 0 Å². The first-order valence-electron chi connectivity index (χ1n) is 7.07. The Morgan fingerprint density at radius 2 is 2.32 bits per heavy atom. The summed E-state index contributed by atoms with van der Waals surface area (Å²) in [7, 11) is 0. The molecule has 116 valence electrons. The summed E-state index contributed by atoms with van der Waals surface area (Å²) < 4.78 is 5.85. The number of anilines is 1. The summed E-state index contributed by atoms with van der Waals surface area (Å²) in [4.78, 5) is 14.2. The molecule has 2 aromatic rings. The molecule has 22 heavy (non-hydrogen) atoms. The molecule has 2 atom stereocenters. The van der Waals surface area contributed by atoms with Gasteiger partial charge >= 0.3 is 6.03 Å². The largest absolute Gasteiger partial charge is 0.369 e. The van der Waals surface area contributed by atoms with Gasteiger partial charge in [-0.15, -0.1) is 0 Å². The van der Waals surface area contributed by atoms with E-state index >= 15 is 0 Å². The van der Waals surface area contributed by atoms with Gasteiger partial charge in [-0.1, -0.05) is 29.8 Å². The summed E-state index contributed by atoms with van der Waals surface area (Å²) in [5.41, 5.74) is 1.54. The Bertz CT molecular complexity index is 647. The van der Waals surface area contributed by atoms with Gasteiger partial charge < -0.3 is 15.0 Å². The number of nitrogens with zero attached hydrogens (tertiary/aromatic N) is 2. The van der Waals surface area contributed by atoms with Crippen LogP contribution in [-0.4, -0.2) is 40.3 Å². The zero-order valence-electron chi connectivity index (χ0n) is 12.1. The molecule has 1 aliphatic heterocycles. The van der Waals surface area contributed by atoms with Crippen molar-refractivity contribution in [2.24, 2.45) is 0 Å². The van der Waals surface area contributed by atoms with Crippen molar-refractivity contribution in [2.75, 3.05) is 18.5 Å². The van der Waals surface area contributed by atoms with Gasteiger partial charge in [-0.2, -0.15) is 5.10 Å². The van der Waals surface area contributed by atoms with Crippen LogP contribution in [0.1, 0.15) is 18.6 Å². The number of hydrogen-bond acceptors (Lipinski definition) is 3. The van der Waals surface area contributed by atoms with E-state index in [9.17, 15) is 4.79 Å². The number of amides is 2. The number of rotatable bonds is 2. The predicted molar refractivity (Wildman–Crippen MR) is 83.9 cm³/mol. The molecular weight excluding hydrogens is 304 g/mol. The summed E-state index contributed by atoms with van der Waals surface area (Å²) in [6, 6.07) is 7.36. The fraction of sp³-hybridized carbons (Fsp3) is 0.333. The molecule has 2 heterocycles. The Balaban J connectivity index is 1.73. The van der Waals surface area contributed by atoms with E-state index in [1.54, 1.807) is 17.3 Å². The maximum absolute atomic E-state index is 12.4. The van der Waals surface area contributed by atoms with Crippen LogP contribution in [0.5, 0.6) is 0 Å². The van der Waals surface area contributed by atoms with Gasteiger partial charge in [0.05, 0.1) is 31.1 Å². The number of halogens is 1. The number of morpholine rings is 1. The van der Waals surface area contributed by atoms with E-state index in [0.717, 1.165) is 5.56 Å². The van der Waals surface area contributed by atoms with Crippen molar-refractivity contribution < 1.29 is 9.53 Å². The number of nitrogens with one attached hydrogen (secondary N) is 2. The average Bonchev–Trinajstić information content (AvgIpc) is 3.01. The SMILES string of the molecule is C[C@@H]1CO[C@@H](c2ccccc2Cl)CN1C(=O)Nc1cn[nH]c1. The zero-order valence-corrected chi connectivity index (χ0v) is 12.9. The van der Waals surface area contributed by atoms with Crippen molar-refractivity contribution >= 4 is 23.3 Å². The van der Waals surface area contributed by atoms with Crippen LogP contribution in [0.15, 0.2) is 36.7 Å². The standard InChI is InChI=1S/C15H17ClN4O2/c1-10-9-22-14(12-4-2-3-5-13(12)16)8-20(10)15(21)19-11-6-17-18-7-11/h2-7,10,14H,8-9H2,1H3,(H,17,18)(H,19,21)/t10-,14-/m1/s1. The smallest absolute Gasteiger partial charge is 0.322 e. The summed E-state index contributed by atoms with van der Waals surface area (Å²) >= 11 is 6.22. The van der Waals surface area contributed by atoms with Gasteiger partial charge in [-0.25, -0.2) is 4.79 Å². The van der Waals surface area contributed by atoms with E-state index in [0.29, 0.717) is 23.9 Å². The van der Waals surface area contributed by atoms with E-state index in [4.69, 9.17) is 16.3 Å². The topological polar surface area (TPSA) is 70.2 Å². The third-order valence-corrected chi connectivity index (χ3v) is 4.04. The minimum atomic E-state index is -0.222. The molecule has 6 nitrogen and oxygen atoms in total. The molecule has 1 aliphatic rings. The highest BCUT2D eigenvalue weighted by molar-refractivity contribution is 6.31. The quantitative estimate of drug-likeness (QED) is 0.893. The Kier molecular flexibility index (Phi) is 4.31. The van der Waals surface area contributed by atoms with E-state index in [1.165, 1.54) is 0 Å². The normalized spacial score (nSPS) is 21.6. The lowest BCUT2D eigenvalue weighted by molar-refractivity contribution is -0.0407. The van der Waals surface area contributed by atoms with Crippen LogP contribution < -0.4 is 5.32 Å². The number of aromatic nitrogens is 2. The van der Waals surface area contributed by atoms with Crippen LogP contribution in [0, 0.1) is 0 Å². The highest BCUT2D eigenvalue weighted by Crippen LogP contribution is 2.30. The molecule has 1 aromatic heterocycles. The number of benzene rings is 1. The highest BCUT2D eigenvalue weighted by Gasteiger charge is 2.31. The van der Waals surface area contributed by atoms with Gasteiger partial charge in [0.2, 0.25) is 0 Å². The fourth-order valence-electron chi connectivity index (χ4n) is 2.48. The number of carbonyl (C=O) groups excluding carboxylic acids is 1. The second-order valence-electron chi connectivity index (χ2n) is 5.26. The van der Waals surface area contributed by atoms with Gasteiger partial charge in [-0.05, 0) is 13.0 Å². The maximum Gasteiger partial charge on any atom is 0.322 e. The van der Waals surface area contributed by atoms with Gasteiger partial charge in [0, 0.05) is 16.8 Å². The third kappa shape index (κ3) is 3.08. The van der Waals surface area contributed by atoms with Gasteiger partial charge in [0.25, 0.3) is 0 Å². The molecule has 0 saturated carbocycles. The summed E-state index contributed by atoms with van der Waals surface area (Å²) in [5, 5.41) is 9.94. The lowest BCUT2D eigenvalue weighted by atomic mass is 10.1.